The number of nitrogen functional groups attached to an aromatic ring is 1. The van der Waals surface area contributed by atoms with Gasteiger partial charge in [0, 0.05) is 28.6 Å². The Kier molecular flexibility index (Phi) is 4.95. The third-order valence-electron chi connectivity index (χ3n) is 4.38. The standard InChI is InChI=1S/C22H18FN3OS/c23-21-13-19(24)9-10-20(21)16-5-7-17(8-6-16)22(27)26-28-12-11-15-3-1-2-4-18(15)14-25-28/h1-14,28H,24H2,(H,26,27). The first kappa shape index (κ1) is 18.0. The molecular formula is C22H18FN3OS. The minimum absolute atomic E-state index is 0.219. The monoisotopic (exact) mass is 391 g/mol. The molecule has 1 aliphatic rings. The number of nitrogens with one attached hydrogen (secondary N) is 1. The lowest BCUT2D eigenvalue weighted by Gasteiger charge is -2.14. The largest absolute Gasteiger partial charge is 0.399 e. The second-order valence-electron chi connectivity index (χ2n) is 6.29. The molecule has 0 aliphatic carbocycles. The third-order valence-corrected chi connectivity index (χ3v) is 5.61. The maximum Gasteiger partial charge on any atom is 0.261 e. The summed E-state index contributed by atoms with van der Waals surface area (Å²) in [6, 6.07) is 19.3. The molecule has 4 rings (SSSR count). The van der Waals surface area contributed by atoms with E-state index in [0.717, 1.165) is 11.1 Å². The van der Waals surface area contributed by atoms with Crippen LogP contribution in [0.1, 0.15) is 21.5 Å². The van der Waals surface area contributed by atoms with Crippen molar-refractivity contribution in [3.63, 3.8) is 0 Å². The van der Waals surface area contributed by atoms with Crippen LogP contribution in [0.5, 0.6) is 0 Å². The minimum Gasteiger partial charge on any atom is -0.399 e. The van der Waals surface area contributed by atoms with E-state index in [1.807, 2.05) is 35.7 Å². The van der Waals surface area contributed by atoms with Gasteiger partial charge in [0.05, 0.1) is 0 Å². The van der Waals surface area contributed by atoms with E-state index >= 15 is 0 Å². The molecule has 3 aromatic carbocycles. The number of nitrogens with two attached hydrogens (primary N) is 1. The minimum atomic E-state index is -1.15. The maximum absolute atomic E-state index is 14.1. The Morgan fingerprint density at radius 3 is 2.50 bits per heavy atom. The molecule has 6 heteroatoms. The van der Waals surface area contributed by atoms with Crippen LogP contribution in [0.3, 0.4) is 0 Å². The molecule has 28 heavy (non-hydrogen) atoms. The Morgan fingerprint density at radius 2 is 1.75 bits per heavy atom. The molecule has 140 valence electrons. The smallest absolute Gasteiger partial charge is 0.261 e. The Hall–Kier alpha value is -3.38. The second-order valence-corrected chi connectivity index (χ2v) is 7.73. The number of rotatable bonds is 3. The molecule has 1 atom stereocenters. The molecule has 0 saturated carbocycles. The maximum atomic E-state index is 14.1. The van der Waals surface area contributed by atoms with Crippen molar-refractivity contribution < 1.29 is 9.18 Å². The number of anilines is 1. The van der Waals surface area contributed by atoms with Crippen LogP contribution in [0.25, 0.3) is 17.2 Å². The van der Waals surface area contributed by atoms with Gasteiger partial charge < -0.3 is 5.73 Å². The van der Waals surface area contributed by atoms with Crippen molar-refractivity contribution in [1.82, 2.24) is 4.72 Å². The van der Waals surface area contributed by atoms with E-state index in [1.165, 1.54) is 6.07 Å². The predicted octanol–water partition coefficient (Wildman–Crippen LogP) is 4.74. The number of thiol groups is 1. The number of benzene rings is 3. The first-order valence-corrected chi connectivity index (χ1v) is 10.0. The summed E-state index contributed by atoms with van der Waals surface area (Å²) in [7, 11) is 0. The summed E-state index contributed by atoms with van der Waals surface area (Å²) in [6.45, 7) is 0. The van der Waals surface area contributed by atoms with Crippen molar-refractivity contribution in [2.75, 3.05) is 5.73 Å². The molecular weight excluding hydrogens is 373 g/mol. The fourth-order valence-corrected chi connectivity index (χ4v) is 3.99. The topological polar surface area (TPSA) is 67.5 Å². The van der Waals surface area contributed by atoms with Crippen molar-refractivity contribution in [2.45, 2.75) is 0 Å². The first-order valence-electron chi connectivity index (χ1n) is 8.67. The van der Waals surface area contributed by atoms with Crippen molar-refractivity contribution in [3.05, 3.63) is 94.6 Å². The molecule has 1 aliphatic heterocycles. The molecule has 1 unspecified atom stereocenters. The molecule has 0 saturated heterocycles. The first-order chi connectivity index (χ1) is 13.6. The summed E-state index contributed by atoms with van der Waals surface area (Å²) in [5.74, 6) is -0.610. The van der Waals surface area contributed by atoms with Gasteiger partial charge in [0.1, 0.15) is 5.82 Å². The van der Waals surface area contributed by atoms with Crippen LogP contribution in [0.2, 0.25) is 0 Å². The highest BCUT2D eigenvalue weighted by atomic mass is 32.2. The van der Waals surface area contributed by atoms with Crippen LogP contribution in [0.4, 0.5) is 10.1 Å². The van der Waals surface area contributed by atoms with Crippen LogP contribution >= 0.6 is 11.3 Å². The van der Waals surface area contributed by atoms with Gasteiger partial charge in [-0.15, -0.1) is 0 Å². The highest BCUT2D eigenvalue weighted by Gasteiger charge is 2.11. The zero-order valence-electron chi connectivity index (χ0n) is 14.8. The Bertz CT molecular complexity index is 1060. The highest BCUT2D eigenvalue weighted by Crippen LogP contribution is 2.29. The average Bonchev–Trinajstić information content (AvgIpc) is 2.91. The van der Waals surface area contributed by atoms with Crippen LogP contribution in [0, 0.1) is 5.82 Å². The zero-order chi connectivity index (χ0) is 19.5. The van der Waals surface area contributed by atoms with Crippen molar-refractivity contribution in [1.29, 1.82) is 0 Å². The lowest BCUT2D eigenvalue weighted by molar-refractivity contribution is 0.0984. The van der Waals surface area contributed by atoms with E-state index in [1.54, 1.807) is 42.6 Å². The molecule has 4 nitrogen and oxygen atoms in total. The average molecular weight is 391 g/mol. The molecule has 1 amide bonds. The number of hydrogen-bond acceptors (Lipinski definition) is 3. The molecule has 0 spiro atoms. The normalized spacial score (nSPS) is 16.2. The van der Waals surface area contributed by atoms with Gasteiger partial charge in [-0.1, -0.05) is 47.7 Å². The summed E-state index contributed by atoms with van der Waals surface area (Å²) in [4.78, 5) is 12.6. The predicted molar refractivity (Wildman–Crippen MR) is 116 cm³/mol. The van der Waals surface area contributed by atoms with Crippen LogP contribution in [-0.4, -0.2) is 12.1 Å². The van der Waals surface area contributed by atoms with Gasteiger partial charge in [-0.05, 0) is 52.9 Å². The summed E-state index contributed by atoms with van der Waals surface area (Å²) in [6.07, 6.45) is 3.76. The number of halogens is 1. The Labute approximate surface area is 165 Å². The van der Waals surface area contributed by atoms with Gasteiger partial charge in [0.2, 0.25) is 0 Å². The number of carbonyl (C=O) groups is 1. The highest BCUT2D eigenvalue weighted by molar-refractivity contribution is 8.17. The van der Waals surface area contributed by atoms with E-state index < -0.39 is 17.1 Å². The van der Waals surface area contributed by atoms with Crippen LogP contribution < -0.4 is 10.5 Å². The number of carbonyl (C=O) groups excluding carboxylic acids is 1. The SMILES string of the molecule is Nc1ccc(-c2ccc(C(=O)N[SH]3C=Cc4ccccc4C=N3)cc2)c(F)c1. The van der Waals surface area contributed by atoms with Crippen LogP contribution in [0.15, 0.2) is 76.5 Å². The molecule has 3 N–H and O–H groups in total. The van der Waals surface area contributed by atoms with Gasteiger partial charge >= 0.3 is 0 Å². The Morgan fingerprint density at radius 1 is 1.00 bits per heavy atom. The fourth-order valence-electron chi connectivity index (χ4n) is 2.90. The quantitative estimate of drug-likeness (QED) is 0.446. The van der Waals surface area contributed by atoms with E-state index in [0.29, 0.717) is 22.4 Å². The van der Waals surface area contributed by atoms with Crippen LogP contribution in [-0.2, 0) is 0 Å². The van der Waals surface area contributed by atoms with Gasteiger partial charge in [-0.3, -0.25) is 9.52 Å². The molecule has 0 radical (unpaired) electrons. The summed E-state index contributed by atoms with van der Waals surface area (Å²) < 4.78 is 21.5. The van der Waals surface area contributed by atoms with Gasteiger partial charge in [-0.25, -0.2) is 8.79 Å². The number of nitrogens with zero attached hydrogens (tertiary/aromatic N) is 1. The summed E-state index contributed by atoms with van der Waals surface area (Å²) in [5, 5.41) is 1.91. The van der Waals surface area contributed by atoms with Crippen molar-refractivity contribution >= 4 is 35.2 Å². The zero-order valence-corrected chi connectivity index (χ0v) is 15.7. The van der Waals surface area contributed by atoms with Gasteiger partial charge in [0.15, 0.2) is 0 Å². The lowest BCUT2D eigenvalue weighted by Crippen LogP contribution is -2.18. The van der Waals surface area contributed by atoms with E-state index in [2.05, 4.69) is 9.12 Å². The van der Waals surface area contributed by atoms with Gasteiger partial charge in [-0.2, -0.15) is 0 Å². The van der Waals surface area contributed by atoms with E-state index in [9.17, 15) is 9.18 Å². The molecule has 3 aromatic rings. The number of fused-ring (bicyclic) bond motifs is 1. The van der Waals surface area contributed by atoms with E-state index in [-0.39, 0.29) is 5.91 Å². The molecule has 0 fully saturated rings. The molecule has 0 bridgehead atoms. The third kappa shape index (κ3) is 3.82. The summed E-state index contributed by atoms with van der Waals surface area (Å²) in [5.41, 5.74) is 9.67. The second kappa shape index (κ2) is 7.70. The summed E-state index contributed by atoms with van der Waals surface area (Å²) >= 11 is -1.15. The Balaban J connectivity index is 1.49. The lowest BCUT2D eigenvalue weighted by atomic mass is 10.0. The van der Waals surface area contributed by atoms with Crippen molar-refractivity contribution in [3.8, 4) is 11.1 Å². The fraction of sp³-hybridized carbons (Fsp3) is 0. The number of hydrogen-bond donors (Lipinski definition) is 3. The molecule has 0 aromatic heterocycles. The number of amides is 1. The molecule has 1 heterocycles. The van der Waals surface area contributed by atoms with Gasteiger partial charge in [0.25, 0.3) is 5.91 Å². The van der Waals surface area contributed by atoms with E-state index in [4.69, 9.17) is 5.73 Å². The van der Waals surface area contributed by atoms with Crippen molar-refractivity contribution in [2.24, 2.45) is 4.40 Å².